The van der Waals surface area contributed by atoms with Crippen LogP contribution in [0.1, 0.15) is 42.8 Å². The van der Waals surface area contributed by atoms with Crippen LogP contribution in [0.25, 0.3) is 0 Å². The second-order valence-electron chi connectivity index (χ2n) is 5.56. The van der Waals surface area contributed by atoms with Crippen molar-refractivity contribution in [2.24, 2.45) is 5.92 Å². The number of carbonyl (C=O) groups excluding carboxylic acids is 2. The van der Waals surface area contributed by atoms with Gasteiger partial charge in [0.2, 0.25) is 5.91 Å². The maximum atomic E-state index is 12.6. The van der Waals surface area contributed by atoms with Crippen molar-refractivity contribution >= 4 is 23.2 Å². The molecular weight excluding hydrogens is 272 g/mol. The van der Waals surface area contributed by atoms with Crippen molar-refractivity contribution in [1.29, 1.82) is 0 Å². The van der Waals surface area contributed by atoms with Gasteiger partial charge in [0, 0.05) is 13.1 Å². The molecule has 1 aromatic rings. The maximum Gasteiger partial charge on any atom is 0.262 e. The van der Waals surface area contributed by atoms with E-state index in [1.165, 1.54) is 17.8 Å². The molecule has 0 aliphatic carbocycles. The molecule has 0 bridgehead atoms. The Morgan fingerprint density at radius 3 is 2.50 bits per heavy atom. The molecule has 5 heteroatoms. The molecule has 4 nitrogen and oxygen atoms in total. The van der Waals surface area contributed by atoms with Gasteiger partial charge in [0.15, 0.2) is 0 Å². The van der Waals surface area contributed by atoms with Crippen LogP contribution in [-0.4, -0.2) is 35.8 Å². The van der Waals surface area contributed by atoms with Crippen LogP contribution in [0.3, 0.4) is 0 Å². The molecule has 0 radical (unpaired) electrons. The monoisotopic (exact) mass is 294 g/mol. The Hall–Kier alpha value is -1.36. The first-order valence-corrected chi connectivity index (χ1v) is 8.10. The fourth-order valence-corrected chi connectivity index (χ4v) is 3.07. The number of thiophene rings is 1. The fraction of sp³-hybridized carbons (Fsp3) is 0.600. The first-order chi connectivity index (χ1) is 9.59. The fourth-order valence-electron chi connectivity index (χ4n) is 2.44. The molecule has 1 saturated heterocycles. The van der Waals surface area contributed by atoms with Gasteiger partial charge in [-0.25, -0.2) is 0 Å². The number of piperidine rings is 1. The molecule has 1 aliphatic heterocycles. The third kappa shape index (κ3) is 3.60. The highest BCUT2D eigenvalue weighted by Crippen LogP contribution is 2.15. The van der Waals surface area contributed by atoms with E-state index in [4.69, 9.17) is 0 Å². The van der Waals surface area contributed by atoms with Crippen molar-refractivity contribution in [2.45, 2.75) is 39.2 Å². The van der Waals surface area contributed by atoms with Gasteiger partial charge in [-0.15, -0.1) is 11.3 Å². The zero-order valence-electron chi connectivity index (χ0n) is 12.1. The summed E-state index contributed by atoms with van der Waals surface area (Å²) < 4.78 is 0. The second kappa shape index (κ2) is 6.88. The Bertz CT molecular complexity index is 450. The zero-order chi connectivity index (χ0) is 14.5. The van der Waals surface area contributed by atoms with Crippen LogP contribution < -0.4 is 5.32 Å². The summed E-state index contributed by atoms with van der Waals surface area (Å²) in [6, 6.07) is 3.20. The molecule has 1 aromatic heterocycles. The third-order valence-corrected chi connectivity index (χ3v) is 4.50. The highest BCUT2D eigenvalue weighted by Gasteiger charge is 2.29. The minimum Gasteiger partial charge on any atom is -0.341 e. The Balaban J connectivity index is 2.02. The van der Waals surface area contributed by atoms with E-state index in [9.17, 15) is 9.59 Å². The highest BCUT2D eigenvalue weighted by atomic mass is 32.1. The van der Waals surface area contributed by atoms with Gasteiger partial charge >= 0.3 is 0 Å². The molecule has 1 aliphatic rings. The molecule has 110 valence electrons. The molecule has 2 heterocycles. The van der Waals surface area contributed by atoms with Crippen molar-refractivity contribution in [1.82, 2.24) is 10.2 Å². The van der Waals surface area contributed by atoms with Crippen LogP contribution in [0.5, 0.6) is 0 Å². The summed E-state index contributed by atoms with van der Waals surface area (Å²) in [6.07, 6.45) is 3.32. The molecule has 0 aromatic carbocycles. The summed E-state index contributed by atoms with van der Waals surface area (Å²) in [5, 5.41) is 4.76. The van der Waals surface area contributed by atoms with E-state index in [2.05, 4.69) is 5.32 Å². The van der Waals surface area contributed by atoms with E-state index in [0.717, 1.165) is 25.9 Å². The summed E-state index contributed by atoms with van der Waals surface area (Å²) in [6.45, 7) is 5.58. The first-order valence-electron chi connectivity index (χ1n) is 7.22. The van der Waals surface area contributed by atoms with Crippen LogP contribution in [0.2, 0.25) is 0 Å². The Morgan fingerprint density at radius 2 is 1.95 bits per heavy atom. The predicted octanol–water partition coefficient (Wildman–Crippen LogP) is 2.52. The van der Waals surface area contributed by atoms with Crippen LogP contribution in [0.15, 0.2) is 17.5 Å². The normalized spacial score (nSPS) is 17.1. The molecule has 2 rings (SSSR count). The minimum atomic E-state index is -0.428. The molecule has 0 spiro atoms. The lowest BCUT2D eigenvalue weighted by Crippen LogP contribution is -2.52. The molecule has 0 saturated carbocycles. The van der Waals surface area contributed by atoms with Gasteiger partial charge < -0.3 is 10.2 Å². The smallest absolute Gasteiger partial charge is 0.262 e. The standard InChI is InChI=1S/C15H22N2O2S/c1-11(2)13(15(19)17-8-4-3-5-9-17)16-14(18)12-7-6-10-20-12/h6-7,10-11,13H,3-5,8-9H2,1-2H3,(H,16,18). The molecule has 20 heavy (non-hydrogen) atoms. The Labute approximate surface area is 124 Å². The number of likely N-dealkylation sites (tertiary alicyclic amines) is 1. The molecule has 2 amide bonds. The molecular formula is C15H22N2O2S. The van der Waals surface area contributed by atoms with Crippen molar-refractivity contribution in [3.05, 3.63) is 22.4 Å². The van der Waals surface area contributed by atoms with E-state index in [-0.39, 0.29) is 17.7 Å². The van der Waals surface area contributed by atoms with Crippen LogP contribution >= 0.6 is 11.3 Å². The van der Waals surface area contributed by atoms with Gasteiger partial charge in [0.25, 0.3) is 5.91 Å². The van der Waals surface area contributed by atoms with Gasteiger partial charge in [0.1, 0.15) is 6.04 Å². The van der Waals surface area contributed by atoms with Crippen molar-refractivity contribution in [3.8, 4) is 0 Å². The zero-order valence-corrected chi connectivity index (χ0v) is 12.9. The van der Waals surface area contributed by atoms with E-state index >= 15 is 0 Å². The first kappa shape index (κ1) is 15.0. The number of rotatable bonds is 4. The van der Waals surface area contributed by atoms with Gasteiger partial charge in [-0.2, -0.15) is 0 Å². The predicted molar refractivity (Wildman–Crippen MR) is 80.8 cm³/mol. The van der Waals surface area contributed by atoms with Gasteiger partial charge in [-0.1, -0.05) is 19.9 Å². The number of nitrogens with zero attached hydrogens (tertiary/aromatic N) is 1. The lowest BCUT2D eigenvalue weighted by atomic mass is 10.0. The number of carbonyl (C=O) groups is 2. The average Bonchev–Trinajstić information content (AvgIpc) is 2.98. The lowest BCUT2D eigenvalue weighted by Gasteiger charge is -2.32. The Morgan fingerprint density at radius 1 is 1.25 bits per heavy atom. The molecule has 1 N–H and O–H groups in total. The van der Waals surface area contributed by atoms with Gasteiger partial charge in [0.05, 0.1) is 4.88 Å². The average molecular weight is 294 g/mol. The molecule has 1 unspecified atom stereocenters. The topological polar surface area (TPSA) is 49.4 Å². The van der Waals surface area contributed by atoms with E-state index in [0.29, 0.717) is 4.88 Å². The van der Waals surface area contributed by atoms with E-state index < -0.39 is 6.04 Å². The number of hydrogen-bond acceptors (Lipinski definition) is 3. The lowest BCUT2D eigenvalue weighted by molar-refractivity contribution is -0.135. The number of amides is 2. The summed E-state index contributed by atoms with van der Waals surface area (Å²) in [5.74, 6) is 0.00186. The van der Waals surface area contributed by atoms with Crippen molar-refractivity contribution in [2.75, 3.05) is 13.1 Å². The summed E-state index contributed by atoms with van der Waals surface area (Å²) >= 11 is 1.40. The van der Waals surface area contributed by atoms with E-state index in [1.807, 2.05) is 30.2 Å². The molecule has 1 fully saturated rings. The van der Waals surface area contributed by atoms with Crippen molar-refractivity contribution < 1.29 is 9.59 Å². The largest absolute Gasteiger partial charge is 0.341 e. The van der Waals surface area contributed by atoms with Crippen LogP contribution in [0, 0.1) is 5.92 Å². The van der Waals surface area contributed by atoms with Crippen LogP contribution in [0.4, 0.5) is 0 Å². The van der Waals surface area contributed by atoms with Gasteiger partial charge in [-0.05, 0) is 36.6 Å². The number of hydrogen-bond donors (Lipinski definition) is 1. The summed E-state index contributed by atoms with van der Waals surface area (Å²) in [7, 11) is 0. The molecule has 1 atom stereocenters. The number of nitrogens with one attached hydrogen (secondary N) is 1. The van der Waals surface area contributed by atoms with Crippen molar-refractivity contribution in [3.63, 3.8) is 0 Å². The summed E-state index contributed by atoms with van der Waals surface area (Å²) in [5.41, 5.74) is 0. The maximum absolute atomic E-state index is 12.6. The van der Waals surface area contributed by atoms with E-state index in [1.54, 1.807) is 6.07 Å². The van der Waals surface area contributed by atoms with Gasteiger partial charge in [-0.3, -0.25) is 9.59 Å². The summed E-state index contributed by atoms with van der Waals surface area (Å²) in [4.78, 5) is 27.2. The second-order valence-corrected chi connectivity index (χ2v) is 6.51. The SMILES string of the molecule is CC(C)C(NC(=O)c1cccs1)C(=O)N1CCCCC1. The third-order valence-electron chi connectivity index (χ3n) is 3.63. The quantitative estimate of drug-likeness (QED) is 0.927. The van der Waals surface area contributed by atoms with Crippen LogP contribution in [-0.2, 0) is 4.79 Å². The Kier molecular flexibility index (Phi) is 5.17. The minimum absolute atomic E-state index is 0.0598. The highest BCUT2D eigenvalue weighted by molar-refractivity contribution is 7.12.